The fraction of sp³-hybridized carbons (Fsp3) is 0.619. The Balaban J connectivity index is 1.82. The van der Waals surface area contributed by atoms with Gasteiger partial charge in [0.05, 0.1) is 40.0 Å². The van der Waals surface area contributed by atoms with Crippen LogP contribution in [0.15, 0.2) is 12.1 Å². The molecule has 1 aromatic heterocycles. The summed E-state index contributed by atoms with van der Waals surface area (Å²) in [5, 5.41) is 0.888. The number of nitrogens with zero attached hydrogens (tertiary/aromatic N) is 1. The Labute approximate surface area is 177 Å². The van der Waals surface area contributed by atoms with Crippen molar-refractivity contribution in [1.82, 2.24) is 4.98 Å². The Morgan fingerprint density at radius 2 is 1.79 bits per heavy atom. The van der Waals surface area contributed by atoms with E-state index in [0.717, 1.165) is 20.7 Å². The minimum atomic E-state index is -0.522. The molecule has 1 aliphatic rings. The fourth-order valence-corrected chi connectivity index (χ4v) is 4.04. The molecule has 29 heavy (non-hydrogen) atoms. The largest absolute Gasteiger partial charge is 0.498 e. The summed E-state index contributed by atoms with van der Waals surface area (Å²) in [6.07, 6.45) is 0.848. The van der Waals surface area contributed by atoms with Crippen LogP contribution < -0.4 is 10.2 Å². The van der Waals surface area contributed by atoms with Gasteiger partial charge in [-0.3, -0.25) is 4.79 Å². The lowest BCUT2D eigenvalue weighted by molar-refractivity contribution is -0.154. The minimum absolute atomic E-state index is 0.216. The molecule has 1 aliphatic heterocycles. The van der Waals surface area contributed by atoms with Gasteiger partial charge in [0, 0.05) is 11.9 Å². The molecular formula is C21H30BNO5S. The van der Waals surface area contributed by atoms with Crippen LogP contribution in [0, 0.1) is 0 Å². The molecule has 2 aromatic rings. The summed E-state index contributed by atoms with van der Waals surface area (Å²) in [6.45, 7) is 13.7. The summed E-state index contributed by atoms with van der Waals surface area (Å²) in [7, 11) is 1.12. The first kappa shape index (κ1) is 22.1. The van der Waals surface area contributed by atoms with Crippen molar-refractivity contribution < 1.29 is 23.6 Å². The van der Waals surface area contributed by atoms with Crippen molar-refractivity contribution in [2.24, 2.45) is 0 Å². The Morgan fingerprint density at radius 1 is 1.17 bits per heavy atom. The number of esters is 1. The standard InChI is InChI=1S/C21H30BNO5S/c1-19(2,3)26-18(24)10-9-17-23-14-11-13(15(25-8)12-16(14)29-17)22-27-20(4,5)21(6,7)28-22/h11-12H,9-10H2,1-8H3. The van der Waals surface area contributed by atoms with Crippen LogP contribution in [-0.4, -0.2) is 42.0 Å². The molecule has 3 rings (SSSR count). The predicted octanol–water partition coefficient (Wildman–Crippen LogP) is 3.88. The summed E-state index contributed by atoms with van der Waals surface area (Å²) in [4.78, 5) is 16.7. The molecule has 1 aromatic carbocycles. The van der Waals surface area contributed by atoms with Crippen LogP contribution in [0.25, 0.3) is 10.2 Å². The Morgan fingerprint density at radius 3 is 2.34 bits per heavy atom. The lowest BCUT2D eigenvalue weighted by Crippen LogP contribution is -2.41. The van der Waals surface area contributed by atoms with E-state index in [9.17, 15) is 4.79 Å². The number of ether oxygens (including phenoxy) is 2. The van der Waals surface area contributed by atoms with Gasteiger partial charge in [0.2, 0.25) is 0 Å². The molecule has 0 amide bonds. The Kier molecular flexibility index (Phi) is 5.75. The van der Waals surface area contributed by atoms with Crippen molar-refractivity contribution in [2.75, 3.05) is 7.11 Å². The van der Waals surface area contributed by atoms with Crippen LogP contribution in [0.3, 0.4) is 0 Å². The quantitative estimate of drug-likeness (QED) is 0.541. The molecule has 0 atom stereocenters. The van der Waals surface area contributed by atoms with Gasteiger partial charge in [0.1, 0.15) is 11.4 Å². The number of rotatable bonds is 5. The average Bonchev–Trinajstić information content (AvgIpc) is 3.06. The predicted molar refractivity (Wildman–Crippen MR) is 116 cm³/mol. The van der Waals surface area contributed by atoms with E-state index in [4.69, 9.17) is 23.8 Å². The number of hydrogen-bond donors (Lipinski definition) is 0. The van der Waals surface area contributed by atoms with Crippen molar-refractivity contribution in [2.45, 2.75) is 78.1 Å². The van der Waals surface area contributed by atoms with Crippen LogP contribution in [0.5, 0.6) is 5.75 Å². The SMILES string of the molecule is COc1cc2sc(CCC(=O)OC(C)(C)C)nc2cc1B1OC(C)(C)C(C)(C)O1. The van der Waals surface area contributed by atoms with Crippen LogP contribution in [0.1, 0.15) is 59.9 Å². The van der Waals surface area contributed by atoms with Crippen LogP contribution >= 0.6 is 11.3 Å². The molecule has 0 saturated carbocycles. The summed E-state index contributed by atoms with van der Waals surface area (Å²) < 4.78 is 24.4. The normalized spacial score (nSPS) is 18.3. The maximum Gasteiger partial charge on any atom is 0.498 e. The second-order valence-electron chi connectivity index (χ2n) is 9.34. The first-order valence-corrected chi connectivity index (χ1v) is 10.7. The Hall–Kier alpha value is -1.64. The van der Waals surface area contributed by atoms with Crippen molar-refractivity contribution in [3.05, 3.63) is 17.1 Å². The number of methoxy groups -OCH3 is 1. The minimum Gasteiger partial charge on any atom is -0.497 e. The smallest absolute Gasteiger partial charge is 0.497 e. The van der Waals surface area contributed by atoms with E-state index in [-0.39, 0.29) is 5.97 Å². The maximum absolute atomic E-state index is 12.0. The fourth-order valence-electron chi connectivity index (χ4n) is 3.06. The average molecular weight is 419 g/mol. The molecule has 1 fully saturated rings. The molecule has 0 radical (unpaired) electrons. The molecule has 0 N–H and O–H groups in total. The lowest BCUT2D eigenvalue weighted by atomic mass is 9.78. The summed E-state index contributed by atoms with van der Waals surface area (Å²) in [5.41, 5.74) is 0.328. The number of hydrogen-bond acceptors (Lipinski definition) is 7. The van der Waals surface area contributed by atoms with Crippen molar-refractivity contribution in [3.8, 4) is 5.75 Å². The zero-order valence-electron chi connectivity index (χ0n) is 18.5. The molecule has 0 spiro atoms. The van der Waals surface area contributed by atoms with Gasteiger partial charge in [0.15, 0.2) is 0 Å². The van der Waals surface area contributed by atoms with Gasteiger partial charge in [-0.25, -0.2) is 4.98 Å². The maximum atomic E-state index is 12.0. The molecule has 0 bridgehead atoms. The highest BCUT2D eigenvalue weighted by atomic mass is 32.1. The number of aromatic nitrogens is 1. The Bertz CT molecular complexity index is 900. The van der Waals surface area contributed by atoms with Crippen molar-refractivity contribution in [1.29, 1.82) is 0 Å². The van der Waals surface area contributed by atoms with Gasteiger partial charge in [-0.1, -0.05) is 0 Å². The van der Waals surface area contributed by atoms with E-state index in [1.54, 1.807) is 18.4 Å². The highest BCUT2D eigenvalue weighted by Gasteiger charge is 2.52. The van der Waals surface area contributed by atoms with E-state index in [2.05, 4.69) is 0 Å². The third kappa shape index (κ3) is 4.76. The zero-order chi connectivity index (χ0) is 21.6. The van der Waals surface area contributed by atoms with E-state index in [1.807, 2.05) is 60.6 Å². The van der Waals surface area contributed by atoms with E-state index < -0.39 is 23.9 Å². The van der Waals surface area contributed by atoms with Gasteiger partial charge in [-0.15, -0.1) is 11.3 Å². The third-order valence-electron chi connectivity index (χ3n) is 5.25. The molecule has 2 heterocycles. The molecule has 1 saturated heterocycles. The van der Waals surface area contributed by atoms with Gasteiger partial charge in [0.25, 0.3) is 0 Å². The molecule has 6 nitrogen and oxygen atoms in total. The molecule has 0 unspecified atom stereocenters. The van der Waals surface area contributed by atoms with Crippen LogP contribution in [0.4, 0.5) is 0 Å². The van der Waals surface area contributed by atoms with E-state index in [1.165, 1.54) is 0 Å². The number of fused-ring (bicyclic) bond motifs is 1. The first-order valence-electron chi connectivity index (χ1n) is 9.86. The summed E-state index contributed by atoms with van der Waals surface area (Å²) in [6, 6.07) is 3.92. The van der Waals surface area contributed by atoms with E-state index in [0.29, 0.717) is 18.6 Å². The second-order valence-corrected chi connectivity index (χ2v) is 10.5. The van der Waals surface area contributed by atoms with Crippen molar-refractivity contribution in [3.63, 3.8) is 0 Å². The molecule has 8 heteroatoms. The monoisotopic (exact) mass is 419 g/mol. The van der Waals surface area contributed by atoms with Crippen LogP contribution in [-0.2, 0) is 25.3 Å². The number of carbonyl (C=O) groups is 1. The highest BCUT2D eigenvalue weighted by molar-refractivity contribution is 7.18. The van der Waals surface area contributed by atoms with Crippen molar-refractivity contribution >= 4 is 40.1 Å². The zero-order valence-corrected chi connectivity index (χ0v) is 19.4. The lowest BCUT2D eigenvalue weighted by Gasteiger charge is -2.32. The second kappa shape index (κ2) is 7.56. The number of carbonyl (C=O) groups excluding carboxylic acids is 1. The summed E-state index contributed by atoms with van der Waals surface area (Å²) >= 11 is 1.56. The number of thiazole rings is 1. The third-order valence-corrected chi connectivity index (χ3v) is 6.33. The highest BCUT2D eigenvalue weighted by Crippen LogP contribution is 2.38. The van der Waals surface area contributed by atoms with Gasteiger partial charge >= 0.3 is 13.1 Å². The topological polar surface area (TPSA) is 66.9 Å². The van der Waals surface area contributed by atoms with E-state index >= 15 is 0 Å². The number of benzene rings is 1. The summed E-state index contributed by atoms with van der Waals surface area (Å²) in [5.74, 6) is 0.491. The molecule has 158 valence electrons. The van der Waals surface area contributed by atoms with Crippen LogP contribution in [0.2, 0.25) is 0 Å². The van der Waals surface area contributed by atoms with Gasteiger partial charge in [-0.2, -0.15) is 0 Å². The first-order chi connectivity index (χ1) is 13.3. The van der Waals surface area contributed by atoms with Gasteiger partial charge in [-0.05, 0) is 60.6 Å². The van der Waals surface area contributed by atoms with Gasteiger partial charge < -0.3 is 18.8 Å². The number of aryl methyl sites for hydroxylation is 1. The molecule has 0 aliphatic carbocycles. The molecular weight excluding hydrogens is 389 g/mol.